The lowest BCUT2D eigenvalue weighted by molar-refractivity contribution is -0.137. The van der Waals surface area contributed by atoms with Gasteiger partial charge in [0.25, 0.3) is 0 Å². The number of likely N-dealkylation sites (N-methyl/N-ethyl adjacent to an activating group) is 1. The van der Waals surface area contributed by atoms with Crippen LogP contribution < -0.4 is 10.6 Å². The molecule has 1 unspecified atom stereocenters. The first kappa shape index (κ1) is 14.3. The van der Waals surface area contributed by atoms with Crippen molar-refractivity contribution in [1.29, 1.82) is 0 Å². The molecule has 3 N–H and O–H groups in total. The number of rotatable bonds is 5. The molecular weight excluding hydrogens is 238 g/mol. The predicted molar refractivity (Wildman–Crippen MR) is 64.1 cm³/mol. The number of amides is 3. The van der Waals surface area contributed by atoms with E-state index in [1.54, 1.807) is 11.9 Å². The molecule has 0 bridgehead atoms. The SMILES string of the molecule is CN1CC(NC(=O)NCCCC(=O)O)CCC1=O. The summed E-state index contributed by atoms with van der Waals surface area (Å²) in [5.74, 6) is -0.778. The molecular formula is C11H19N3O4. The van der Waals surface area contributed by atoms with Crippen LogP contribution in [0.25, 0.3) is 0 Å². The Morgan fingerprint density at radius 3 is 2.83 bits per heavy atom. The summed E-state index contributed by atoms with van der Waals surface area (Å²) in [6.07, 6.45) is 1.54. The molecule has 1 fully saturated rings. The lowest BCUT2D eigenvalue weighted by Gasteiger charge is -2.30. The lowest BCUT2D eigenvalue weighted by Crippen LogP contribution is -2.51. The van der Waals surface area contributed by atoms with Crippen LogP contribution in [0.15, 0.2) is 0 Å². The number of nitrogens with zero attached hydrogens (tertiary/aromatic N) is 1. The van der Waals surface area contributed by atoms with Crippen molar-refractivity contribution in [1.82, 2.24) is 15.5 Å². The maximum absolute atomic E-state index is 11.5. The second-order valence-electron chi connectivity index (χ2n) is 4.41. The Bertz CT molecular complexity index is 332. The summed E-state index contributed by atoms with van der Waals surface area (Å²) in [6.45, 7) is 0.848. The first-order chi connectivity index (χ1) is 8.49. The van der Waals surface area contributed by atoms with Crippen LogP contribution in [0.1, 0.15) is 25.7 Å². The average Bonchev–Trinajstić information content (AvgIpc) is 2.29. The minimum absolute atomic E-state index is 0.0350. The Morgan fingerprint density at radius 2 is 2.22 bits per heavy atom. The number of aliphatic carboxylic acids is 1. The van der Waals surface area contributed by atoms with E-state index in [1.165, 1.54) is 0 Å². The van der Waals surface area contributed by atoms with Crippen molar-refractivity contribution >= 4 is 17.9 Å². The van der Waals surface area contributed by atoms with Gasteiger partial charge in [-0.2, -0.15) is 0 Å². The Kier molecular flexibility index (Phi) is 5.41. The van der Waals surface area contributed by atoms with Crippen LogP contribution in [0, 0.1) is 0 Å². The first-order valence-corrected chi connectivity index (χ1v) is 5.99. The summed E-state index contributed by atoms with van der Waals surface area (Å²) in [5.41, 5.74) is 0. The Hall–Kier alpha value is -1.79. The van der Waals surface area contributed by atoms with Crippen LogP contribution in [0.3, 0.4) is 0 Å². The van der Waals surface area contributed by atoms with Gasteiger partial charge in [0.15, 0.2) is 0 Å². The van der Waals surface area contributed by atoms with E-state index < -0.39 is 5.97 Å². The van der Waals surface area contributed by atoms with Crippen molar-refractivity contribution in [2.75, 3.05) is 20.1 Å². The largest absolute Gasteiger partial charge is 0.481 e. The highest BCUT2D eigenvalue weighted by Gasteiger charge is 2.23. The van der Waals surface area contributed by atoms with Gasteiger partial charge in [-0.25, -0.2) is 4.79 Å². The van der Waals surface area contributed by atoms with E-state index in [4.69, 9.17) is 5.11 Å². The van der Waals surface area contributed by atoms with Gasteiger partial charge in [0.2, 0.25) is 5.91 Å². The van der Waals surface area contributed by atoms with Gasteiger partial charge < -0.3 is 20.6 Å². The third-order valence-electron chi connectivity index (χ3n) is 2.81. The molecule has 0 aromatic carbocycles. The van der Waals surface area contributed by atoms with Gasteiger partial charge in [0, 0.05) is 39.0 Å². The maximum Gasteiger partial charge on any atom is 0.315 e. The fraction of sp³-hybridized carbons (Fsp3) is 0.727. The van der Waals surface area contributed by atoms with Crippen molar-refractivity contribution in [2.45, 2.75) is 31.7 Å². The molecule has 1 aliphatic heterocycles. The highest BCUT2D eigenvalue weighted by Crippen LogP contribution is 2.09. The number of urea groups is 1. The quantitative estimate of drug-likeness (QED) is 0.592. The fourth-order valence-corrected chi connectivity index (χ4v) is 1.81. The van der Waals surface area contributed by atoms with E-state index in [9.17, 15) is 14.4 Å². The highest BCUT2D eigenvalue weighted by atomic mass is 16.4. The number of piperidine rings is 1. The molecule has 1 rings (SSSR count). The highest BCUT2D eigenvalue weighted by molar-refractivity contribution is 5.78. The monoisotopic (exact) mass is 257 g/mol. The topological polar surface area (TPSA) is 98.7 Å². The van der Waals surface area contributed by atoms with Crippen LogP contribution in [0.4, 0.5) is 4.79 Å². The maximum atomic E-state index is 11.5. The molecule has 0 saturated carbocycles. The van der Waals surface area contributed by atoms with Gasteiger partial charge >= 0.3 is 12.0 Å². The molecule has 1 heterocycles. The fourth-order valence-electron chi connectivity index (χ4n) is 1.81. The molecule has 0 aliphatic carbocycles. The third-order valence-corrected chi connectivity index (χ3v) is 2.81. The molecule has 18 heavy (non-hydrogen) atoms. The molecule has 1 aliphatic rings. The molecule has 7 heteroatoms. The van der Waals surface area contributed by atoms with Crippen molar-refractivity contribution in [3.05, 3.63) is 0 Å². The van der Waals surface area contributed by atoms with Gasteiger partial charge in [-0.1, -0.05) is 0 Å². The van der Waals surface area contributed by atoms with E-state index >= 15 is 0 Å². The van der Waals surface area contributed by atoms with Crippen LogP contribution in [0.5, 0.6) is 0 Å². The molecule has 0 radical (unpaired) electrons. The Labute approximate surface area is 106 Å². The molecule has 0 aromatic rings. The van der Waals surface area contributed by atoms with E-state index in [0.29, 0.717) is 32.4 Å². The predicted octanol–water partition coefficient (Wildman–Crippen LogP) is -0.229. The van der Waals surface area contributed by atoms with Gasteiger partial charge in [0.1, 0.15) is 0 Å². The van der Waals surface area contributed by atoms with Crippen LogP contribution >= 0.6 is 0 Å². The van der Waals surface area contributed by atoms with E-state index in [0.717, 1.165) is 0 Å². The number of nitrogens with one attached hydrogen (secondary N) is 2. The summed E-state index contributed by atoms with van der Waals surface area (Å²) in [5, 5.41) is 13.8. The van der Waals surface area contributed by atoms with Gasteiger partial charge in [0.05, 0.1) is 0 Å². The molecule has 0 spiro atoms. The molecule has 7 nitrogen and oxygen atoms in total. The summed E-state index contributed by atoms with van der Waals surface area (Å²) in [4.78, 5) is 34.6. The second kappa shape index (κ2) is 6.83. The molecule has 1 saturated heterocycles. The molecule has 3 amide bonds. The normalized spacial score (nSPS) is 19.5. The number of hydrogen-bond donors (Lipinski definition) is 3. The number of carboxylic acids is 1. The number of carboxylic acid groups (broad SMARTS) is 1. The van der Waals surface area contributed by atoms with Crippen molar-refractivity contribution in [3.8, 4) is 0 Å². The van der Waals surface area contributed by atoms with Gasteiger partial charge in [-0.15, -0.1) is 0 Å². The summed E-state index contributed by atoms with van der Waals surface area (Å²) in [6, 6.07) is -0.347. The number of hydrogen-bond acceptors (Lipinski definition) is 3. The lowest BCUT2D eigenvalue weighted by atomic mass is 10.1. The minimum Gasteiger partial charge on any atom is -0.481 e. The first-order valence-electron chi connectivity index (χ1n) is 5.99. The third kappa shape index (κ3) is 5.03. The number of carbonyl (C=O) groups excluding carboxylic acids is 2. The van der Waals surface area contributed by atoms with Crippen molar-refractivity contribution in [2.24, 2.45) is 0 Å². The summed E-state index contributed by atoms with van der Waals surface area (Å²) >= 11 is 0. The smallest absolute Gasteiger partial charge is 0.315 e. The Balaban J connectivity index is 2.16. The van der Waals surface area contributed by atoms with Crippen molar-refractivity contribution < 1.29 is 19.5 Å². The second-order valence-corrected chi connectivity index (χ2v) is 4.41. The van der Waals surface area contributed by atoms with Crippen LogP contribution in [-0.4, -0.2) is 54.1 Å². The van der Waals surface area contributed by atoms with E-state index in [2.05, 4.69) is 10.6 Å². The zero-order valence-electron chi connectivity index (χ0n) is 10.4. The molecule has 0 aromatic heterocycles. The average molecular weight is 257 g/mol. The standard InChI is InChI=1S/C11H19N3O4/c1-14-7-8(4-5-9(14)15)13-11(18)12-6-2-3-10(16)17/h8H,2-7H2,1H3,(H,16,17)(H2,12,13,18). The van der Waals surface area contributed by atoms with Crippen molar-refractivity contribution in [3.63, 3.8) is 0 Å². The van der Waals surface area contributed by atoms with Crippen LogP contribution in [0.2, 0.25) is 0 Å². The number of likely N-dealkylation sites (tertiary alicyclic amines) is 1. The van der Waals surface area contributed by atoms with E-state index in [-0.39, 0.29) is 24.4 Å². The zero-order chi connectivity index (χ0) is 13.5. The summed E-state index contributed by atoms with van der Waals surface area (Å²) < 4.78 is 0. The Morgan fingerprint density at radius 1 is 1.50 bits per heavy atom. The van der Waals surface area contributed by atoms with Gasteiger partial charge in [-0.3, -0.25) is 9.59 Å². The molecule has 102 valence electrons. The minimum atomic E-state index is -0.871. The number of carbonyl (C=O) groups is 3. The van der Waals surface area contributed by atoms with Gasteiger partial charge in [-0.05, 0) is 12.8 Å². The van der Waals surface area contributed by atoms with E-state index in [1.807, 2.05) is 0 Å². The summed E-state index contributed by atoms with van der Waals surface area (Å²) in [7, 11) is 1.71. The van der Waals surface area contributed by atoms with Crippen LogP contribution in [-0.2, 0) is 9.59 Å². The zero-order valence-corrected chi connectivity index (χ0v) is 10.4. The molecule has 1 atom stereocenters.